The Morgan fingerprint density at radius 3 is 2.68 bits per heavy atom. The summed E-state index contributed by atoms with van der Waals surface area (Å²) in [4.78, 5) is 24.1. The molecule has 0 aromatic heterocycles. The molecule has 0 spiro atoms. The standard InChI is InChI=1S/C15H20N2O5/c1-17(2)14(18)9-22-13-6-10(15(19)20)5-11(7-13)16-8-12-3-4-21-12/h5-7,12,16H,3-4,8-9H2,1-2H3,(H,19,20). The smallest absolute Gasteiger partial charge is 0.335 e. The Labute approximate surface area is 128 Å². The number of likely N-dealkylation sites (N-methyl/N-ethyl adjacent to an activating group) is 1. The lowest BCUT2D eigenvalue weighted by Gasteiger charge is -2.27. The van der Waals surface area contributed by atoms with Gasteiger partial charge in [0.25, 0.3) is 5.91 Å². The molecule has 1 atom stereocenters. The Balaban J connectivity index is 2.04. The molecular formula is C15H20N2O5. The van der Waals surface area contributed by atoms with E-state index in [-0.39, 0.29) is 24.2 Å². The Kier molecular flexibility index (Phi) is 5.21. The van der Waals surface area contributed by atoms with Crippen molar-refractivity contribution in [2.45, 2.75) is 12.5 Å². The Morgan fingerprint density at radius 2 is 2.14 bits per heavy atom. The number of carboxylic acids is 1. The molecule has 0 radical (unpaired) electrons. The average Bonchev–Trinajstić information content (AvgIpc) is 2.42. The van der Waals surface area contributed by atoms with Crippen LogP contribution in [0.15, 0.2) is 18.2 Å². The first kappa shape index (κ1) is 16.1. The fourth-order valence-electron chi connectivity index (χ4n) is 1.86. The molecule has 1 heterocycles. The molecule has 0 aliphatic carbocycles. The maximum absolute atomic E-state index is 11.5. The molecule has 7 heteroatoms. The topological polar surface area (TPSA) is 88.1 Å². The predicted octanol–water partition coefficient (Wildman–Crippen LogP) is 1.05. The van der Waals surface area contributed by atoms with Crippen LogP contribution in [0.2, 0.25) is 0 Å². The number of benzene rings is 1. The second kappa shape index (κ2) is 7.13. The van der Waals surface area contributed by atoms with Gasteiger partial charge >= 0.3 is 5.97 Å². The minimum atomic E-state index is -1.05. The number of carbonyl (C=O) groups is 2. The van der Waals surface area contributed by atoms with Crippen LogP contribution in [0, 0.1) is 0 Å². The predicted molar refractivity (Wildman–Crippen MR) is 80.4 cm³/mol. The fraction of sp³-hybridized carbons (Fsp3) is 0.467. The van der Waals surface area contributed by atoms with E-state index in [0.717, 1.165) is 13.0 Å². The molecular weight excluding hydrogens is 288 g/mol. The Hall–Kier alpha value is -2.28. The first-order valence-electron chi connectivity index (χ1n) is 7.02. The van der Waals surface area contributed by atoms with E-state index >= 15 is 0 Å². The van der Waals surface area contributed by atoms with E-state index < -0.39 is 5.97 Å². The van der Waals surface area contributed by atoms with Gasteiger partial charge < -0.3 is 24.8 Å². The average molecular weight is 308 g/mol. The van der Waals surface area contributed by atoms with Gasteiger partial charge in [-0.05, 0) is 18.6 Å². The molecule has 1 aliphatic heterocycles. The van der Waals surface area contributed by atoms with Crippen LogP contribution < -0.4 is 10.1 Å². The van der Waals surface area contributed by atoms with Crippen molar-refractivity contribution in [3.63, 3.8) is 0 Å². The number of carboxylic acid groups (broad SMARTS) is 1. The van der Waals surface area contributed by atoms with Gasteiger partial charge in [0.1, 0.15) is 5.75 Å². The van der Waals surface area contributed by atoms with E-state index in [1.165, 1.54) is 17.0 Å². The lowest BCUT2D eigenvalue weighted by Crippen LogP contribution is -2.33. The van der Waals surface area contributed by atoms with Crippen LogP contribution in [0.3, 0.4) is 0 Å². The van der Waals surface area contributed by atoms with Crippen molar-refractivity contribution in [1.82, 2.24) is 4.90 Å². The lowest BCUT2D eigenvalue weighted by atomic mass is 10.1. The van der Waals surface area contributed by atoms with E-state index in [1.807, 2.05) is 0 Å². The summed E-state index contributed by atoms with van der Waals surface area (Å²) in [6, 6.07) is 4.60. The van der Waals surface area contributed by atoms with Crippen molar-refractivity contribution < 1.29 is 24.2 Å². The van der Waals surface area contributed by atoms with Gasteiger partial charge in [0.05, 0.1) is 11.7 Å². The van der Waals surface area contributed by atoms with Crippen LogP contribution >= 0.6 is 0 Å². The molecule has 0 bridgehead atoms. The maximum atomic E-state index is 11.5. The van der Waals surface area contributed by atoms with Gasteiger partial charge in [-0.2, -0.15) is 0 Å². The zero-order valence-electron chi connectivity index (χ0n) is 12.7. The number of nitrogens with zero attached hydrogens (tertiary/aromatic N) is 1. The number of carbonyl (C=O) groups excluding carboxylic acids is 1. The third-order valence-electron chi connectivity index (χ3n) is 3.34. The molecule has 1 saturated heterocycles. The summed E-state index contributed by atoms with van der Waals surface area (Å²) < 4.78 is 10.7. The summed E-state index contributed by atoms with van der Waals surface area (Å²) in [7, 11) is 3.26. The highest BCUT2D eigenvalue weighted by atomic mass is 16.5. The number of hydrogen-bond donors (Lipinski definition) is 2. The first-order valence-corrected chi connectivity index (χ1v) is 7.02. The van der Waals surface area contributed by atoms with Gasteiger partial charge in [0.15, 0.2) is 6.61 Å². The summed E-state index contributed by atoms with van der Waals surface area (Å²) in [5.74, 6) is -0.905. The summed E-state index contributed by atoms with van der Waals surface area (Å²) in [6.07, 6.45) is 1.15. The SMILES string of the molecule is CN(C)C(=O)COc1cc(NCC2CCO2)cc(C(=O)O)c1. The summed E-state index contributed by atoms with van der Waals surface area (Å²) >= 11 is 0. The molecule has 1 unspecified atom stereocenters. The minimum Gasteiger partial charge on any atom is -0.484 e. The molecule has 7 nitrogen and oxygen atoms in total. The summed E-state index contributed by atoms with van der Waals surface area (Å²) in [5, 5.41) is 12.3. The van der Waals surface area contributed by atoms with Crippen LogP contribution in [-0.2, 0) is 9.53 Å². The molecule has 1 fully saturated rings. The molecule has 1 aliphatic rings. The molecule has 1 aromatic rings. The number of anilines is 1. The summed E-state index contributed by atoms with van der Waals surface area (Å²) in [6.45, 7) is 1.24. The van der Waals surface area contributed by atoms with Gasteiger partial charge in [0, 0.05) is 39.0 Å². The molecule has 2 rings (SSSR count). The number of nitrogens with one attached hydrogen (secondary N) is 1. The maximum Gasteiger partial charge on any atom is 0.335 e. The Morgan fingerprint density at radius 1 is 1.41 bits per heavy atom. The van der Waals surface area contributed by atoms with Crippen molar-refractivity contribution in [3.05, 3.63) is 23.8 Å². The normalized spacial score (nSPS) is 16.5. The van der Waals surface area contributed by atoms with Crippen molar-refractivity contribution >= 4 is 17.6 Å². The van der Waals surface area contributed by atoms with E-state index in [4.69, 9.17) is 14.6 Å². The minimum absolute atomic E-state index is 0.104. The largest absolute Gasteiger partial charge is 0.484 e. The molecule has 22 heavy (non-hydrogen) atoms. The third kappa shape index (κ3) is 4.36. The van der Waals surface area contributed by atoms with Crippen LogP contribution in [0.5, 0.6) is 5.75 Å². The highest BCUT2D eigenvalue weighted by Gasteiger charge is 2.18. The molecule has 120 valence electrons. The van der Waals surface area contributed by atoms with Crippen LogP contribution in [0.1, 0.15) is 16.8 Å². The van der Waals surface area contributed by atoms with Crippen molar-refractivity contribution in [1.29, 1.82) is 0 Å². The second-order valence-electron chi connectivity index (χ2n) is 5.29. The van der Waals surface area contributed by atoms with Crippen molar-refractivity contribution in [2.24, 2.45) is 0 Å². The van der Waals surface area contributed by atoms with Gasteiger partial charge in [0.2, 0.25) is 0 Å². The Bertz CT molecular complexity index is 555. The number of amides is 1. The highest BCUT2D eigenvalue weighted by Crippen LogP contribution is 2.22. The van der Waals surface area contributed by atoms with E-state index in [0.29, 0.717) is 18.0 Å². The molecule has 2 N–H and O–H groups in total. The number of aromatic carboxylic acids is 1. The zero-order chi connectivity index (χ0) is 16.1. The van der Waals surface area contributed by atoms with Crippen LogP contribution in [-0.4, -0.2) is 61.8 Å². The molecule has 1 aromatic carbocycles. The number of rotatable bonds is 7. The van der Waals surface area contributed by atoms with Crippen LogP contribution in [0.4, 0.5) is 5.69 Å². The van der Waals surface area contributed by atoms with E-state index in [2.05, 4.69) is 5.32 Å². The molecule has 0 saturated carbocycles. The van der Waals surface area contributed by atoms with Gasteiger partial charge in [-0.15, -0.1) is 0 Å². The monoisotopic (exact) mass is 308 g/mol. The quantitative estimate of drug-likeness (QED) is 0.783. The van der Waals surface area contributed by atoms with Crippen molar-refractivity contribution in [3.8, 4) is 5.75 Å². The highest BCUT2D eigenvalue weighted by molar-refractivity contribution is 5.89. The third-order valence-corrected chi connectivity index (χ3v) is 3.34. The lowest BCUT2D eigenvalue weighted by molar-refractivity contribution is -0.130. The summed E-state index contributed by atoms with van der Waals surface area (Å²) in [5.41, 5.74) is 0.731. The zero-order valence-corrected chi connectivity index (χ0v) is 12.7. The van der Waals surface area contributed by atoms with Crippen molar-refractivity contribution in [2.75, 3.05) is 39.2 Å². The fourth-order valence-corrected chi connectivity index (χ4v) is 1.86. The van der Waals surface area contributed by atoms with Gasteiger partial charge in [-0.1, -0.05) is 0 Å². The van der Waals surface area contributed by atoms with Gasteiger partial charge in [-0.25, -0.2) is 4.79 Å². The number of ether oxygens (including phenoxy) is 2. The number of hydrogen-bond acceptors (Lipinski definition) is 5. The van der Waals surface area contributed by atoms with Crippen LogP contribution in [0.25, 0.3) is 0 Å². The van der Waals surface area contributed by atoms with Gasteiger partial charge in [-0.3, -0.25) is 4.79 Å². The first-order chi connectivity index (χ1) is 10.5. The van der Waals surface area contributed by atoms with E-state index in [9.17, 15) is 9.59 Å². The molecule has 1 amide bonds. The second-order valence-corrected chi connectivity index (χ2v) is 5.29. The van der Waals surface area contributed by atoms with E-state index in [1.54, 1.807) is 20.2 Å².